The van der Waals surface area contributed by atoms with Crippen LogP contribution in [0.3, 0.4) is 0 Å². The van der Waals surface area contributed by atoms with Crippen LogP contribution in [0.25, 0.3) is 0 Å². The van der Waals surface area contributed by atoms with Crippen molar-refractivity contribution in [1.82, 2.24) is 9.88 Å². The van der Waals surface area contributed by atoms with Crippen molar-refractivity contribution >= 4 is 22.4 Å². The highest BCUT2D eigenvalue weighted by molar-refractivity contribution is 7.13. The lowest BCUT2D eigenvalue weighted by Gasteiger charge is -2.35. The number of nitrogens with two attached hydrogens (primary N) is 1. The second kappa shape index (κ2) is 7.99. The molecule has 6 heteroatoms. The summed E-state index contributed by atoms with van der Waals surface area (Å²) in [5.41, 5.74) is 6.23. The Hall–Kier alpha value is -1.30. The number of anilines is 1. The molecule has 23 heavy (non-hydrogen) atoms. The number of nitrogens with zero attached hydrogens (tertiary/aromatic N) is 4. The van der Waals surface area contributed by atoms with Crippen LogP contribution in [-0.2, 0) is 0 Å². The summed E-state index contributed by atoms with van der Waals surface area (Å²) < 4.78 is 0. The molecule has 2 aliphatic rings. The Morgan fingerprint density at radius 2 is 1.91 bits per heavy atom. The zero-order valence-corrected chi connectivity index (χ0v) is 15.0. The quantitative estimate of drug-likeness (QED) is 0.679. The van der Waals surface area contributed by atoms with Crippen LogP contribution in [-0.4, -0.2) is 48.6 Å². The number of aliphatic imine (C=N–C) groups is 1. The maximum atomic E-state index is 6.23. The van der Waals surface area contributed by atoms with Crippen LogP contribution in [0.2, 0.25) is 0 Å². The van der Waals surface area contributed by atoms with E-state index in [-0.39, 0.29) is 0 Å². The number of hydrogen-bond donors (Lipinski definition) is 1. The maximum Gasteiger partial charge on any atom is 0.191 e. The largest absolute Gasteiger partial charge is 0.370 e. The first-order chi connectivity index (χ1) is 11.3. The highest BCUT2D eigenvalue weighted by Crippen LogP contribution is 2.30. The lowest BCUT2D eigenvalue weighted by molar-refractivity contribution is 0.273. The first-order valence-corrected chi connectivity index (χ1v) is 9.83. The van der Waals surface area contributed by atoms with Gasteiger partial charge in [0.1, 0.15) is 0 Å². The molecule has 0 amide bonds. The van der Waals surface area contributed by atoms with E-state index in [1.165, 1.54) is 32.1 Å². The molecule has 0 atom stereocenters. The molecule has 128 valence electrons. The third-order valence-electron chi connectivity index (χ3n) is 5.35. The van der Waals surface area contributed by atoms with Crippen LogP contribution in [0.15, 0.2) is 16.6 Å². The summed E-state index contributed by atoms with van der Waals surface area (Å²) in [5, 5.41) is 3.15. The number of aromatic nitrogens is 1. The fourth-order valence-electron chi connectivity index (χ4n) is 3.64. The van der Waals surface area contributed by atoms with Gasteiger partial charge in [-0.3, -0.25) is 4.99 Å². The number of hydrogen-bond acceptors (Lipinski definition) is 4. The third kappa shape index (κ3) is 4.37. The van der Waals surface area contributed by atoms with Crippen LogP contribution >= 0.6 is 11.3 Å². The van der Waals surface area contributed by atoms with E-state index in [1.54, 1.807) is 11.3 Å². The van der Waals surface area contributed by atoms with Gasteiger partial charge in [-0.25, -0.2) is 4.98 Å². The number of rotatable bonds is 4. The summed E-state index contributed by atoms with van der Waals surface area (Å²) >= 11 is 1.70. The van der Waals surface area contributed by atoms with Gasteiger partial charge in [0, 0.05) is 44.3 Å². The highest BCUT2D eigenvalue weighted by atomic mass is 32.1. The first-order valence-electron chi connectivity index (χ1n) is 8.95. The van der Waals surface area contributed by atoms with E-state index >= 15 is 0 Å². The molecule has 1 aliphatic heterocycles. The van der Waals surface area contributed by atoms with E-state index < -0.39 is 0 Å². The second-order valence-corrected chi connectivity index (χ2v) is 7.66. The van der Waals surface area contributed by atoms with Crippen molar-refractivity contribution in [2.45, 2.75) is 39.0 Å². The smallest absolute Gasteiger partial charge is 0.191 e. The number of piperazine rings is 1. The summed E-state index contributed by atoms with van der Waals surface area (Å²) in [7, 11) is 0. The molecule has 0 unspecified atom stereocenters. The fraction of sp³-hybridized carbons (Fsp3) is 0.765. The van der Waals surface area contributed by atoms with Gasteiger partial charge in [-0.1, -0.05) is 26.2 Å². The van der Waals surface area contributed by atoms with Gasteiger partial charge in [0.15, 0.2) is 11.1 Å². The minimum atomic E-state index is 0.737. The minimum Gasteiger partial charge on any atom is -0.370 e. The normalized spacial score (nSPS) is 26.6. The number of thiazole rings is 1. The van der Waals surface area contributed by atoms with Crippen molar-refractivity contribution in [1.29, 1.82) is 0 Å². The van der Waals surface area contributed by atoms with Gasteiger partial charge in [-0.2, -0.15) is 0 Å². The molecule has 3 rings (SSSR count). The first kappa shape index (κ1) is 16.6. The van der Waals surface area contributed by atoms with Crippen LogP contribution in [0, 0.1) is 11.8 Å². The fourth-order valence-corrected chi connectivity index (χ4v) is 4.34. The minimum absolute atomic E-state index is 0.737. The van der Waals surface area contributed by atoms with Crippen LogP contribution in [0.4, 0.5) is 5.13 Å². The molecule has 1 saturated heterocycles. The van der Waals surface area contributed by atoms with Gasteiger partial charge in [-0.05, 0) is 24.7 Å². The van der Waals surface area contributed by atoms with E-state index in [0.717, 1.165) is 55.7 Å². The molecule has 0 spiro atoms. The van der Waals surface area contributed by atoms with E-state index in [4.69, 9.17) is 10.7 Å². The van der Waals surface area contributed by atoms with Crippen LogP contribution in [0.5, 0.6) is 0 Å². The van der Waals surface area contributed by atoms with Gasteiger partial charge in [-0.15, -0.1) is 11.3 Å². The molecule has 2 fully saturated rings. The molecular weight excluding hydrogens is 306 g/mol. The molecule has 1 saturated carbocycles. The third-order valence-corrected chi connectivity index (χ3v) is 6.18. The highest BCUT2D eigenvalue weighted by Gasteiger charge is 2.22. The Kier molecular flexibility index (Phi) is 5.75. The second-order valence-electron chi connectivity index (χ2n) is 6.78. The van der Waals surface area contributed by atoms with Gasteiger partial charge in [0.05, 0.1) is 0 Å². The van der Waals surface area contributed by atoms with Crippen LogP contribution in [0.1, 0.15) is 39.0 Å². The van der Waals surface area contributed by atoms with E-state index in [1.807, 2.05) is 11.6 Å². The topological polar surface area (TPSA) is 57.8 Å². The summed E-state index contributed by atoms with van der Waals surface area (Å²) in [6.45, 7) is 7.06. The Morgan fingerprint density at radius 1 is 1.22 bits per heavy atom. The molecule has 1 aliphatic carbocycles. The van der Waals surface area contributed by atoms with E-state index in [0.29, 0.717) is 0 Å². The molecule has 2 N–H and O–H groups in total. The summed E-state index contributed by atoms with van der Waals surface area (Å²) in [6, 6.07) is 0. The molecule has 0 bridgehead atoms. The van der Waals surface area contributed by atoms with Crippen molar-refractivity contribution < 1.29 is 0 Å². The number of guanidine groups is 1. The summed E-state index contributed by atoms with van der Waals surface area (Å²) in [4.78, 5) is 13.6. The van der Waals surface area contributed by atoms with Gasteiger partial charge in [0.25, 0.3) is 0 Å². The molecule has 1 aromatic rings. The molecule has 5 nitrogen and oxygen atoms in total. The maximum absolute atomic E-state index is 6.23. The average molecular weight is 336 g/mol. The van der Waals surface area contributed by atoms with Crippen molar-refractivity contribution in [3.63, 3.8) is 0 Å². The van der Waals surface area contributed by atoms with E-state index in [9.17, 15) is 0 Å². The van der Waals surface area contributed by atoms with Crippen molar-refractivity contribution in [2.75, 3.05) is 37.6 Å². The Balaban J connectivity index is 1.43. The lowest BCUT2D eigenvalue weighted by Crippen LogP contribution is -2.51. The summed E-state index contributed by atoms with van der Waals surface area (Å²) in [6.07, 6.45) is 8.61. The predicted molar refractivity (Wildman–Crippen MR) is 98.1 cm³/mol. The van der Waals surface area contributed by atoms with Gasteiger partial charge >= 0.3 is 0 Å². The molecular formula is C17H29N5S. The van der Waals surface area contributed by atoms with Crippen LogP contribution < -0.4 is 10.6 Å². The van der Waals surface area contributed by atoms with Crippen molar-refractivity contribution in [3.8, 4) is 0 Å². The zero-order chi connectivity index (χ0) is 16.1. The molecule has 2 heterocycles. The average Bonchev–Trinajstić information content (AvgIpc) is 3.15. The SMILES string of the molecule is CCC1CCC(CN=C(N)N2CCN(c3nccs3)CC2)CC1. The molecule has 1 aromatic heterocycles. The molecule has 0 aromatic carbocycles. The standard InChI is InChI=1S/C17H29N5S/c1-2-14-3-5-15(6-4-14)13-20-16(18)21-8-10-22(11-9-21)17-19-7-12-23-17/h7,12,14-15H,2-6,8-11,13H2,1H3,(H2,18,20). The molecule has 0 radical (unpaired) electrons. The predicted octanol–water partition coefficient (Wildman–Crippen LogP) is 2.80. The van der Waals surface area contributed by atoms with Gasteiger partial charge in [0.2, 0.25) is 0 Å². The summed E-state index contributed by atoms with van der Waals surface area (Å²) in [5.74, 6) is 2.43. The van der Waals surface area contributed by atoms with E-state index in [2.05, 4.69) is 21.7 Å². The Morgan fingerprint density at radius 3 is 2.52 bits per heavy atom. The zero-order valence-electron chi connectivity index (χ0n) is 14.2. The van der Waals surface area contributed by atoms with Crippen molar-refractivity contribution in [2.24, 2.45) is 22.6 Å². The van der Waals surface area contributed by atoms with Crippen molar-refractivity contribution in [3.05, 3.63) is 11.6 Å². The Labute approximate surface area is 143 Å². The lowest BCUT2D eigenvalue weighted by atomic mass is 9.81. The Bertz CT molecular complexity index is 485. The van der Waals surface area contributed by atoms with Gasteiger partial charge < -0.3 is 15.5 Å². The monoisotopic (exact) mass is 335 g/mol.